The molecule has 17 heavy (non-hydrogen) atoms. The lowest BCUT2D eigenvalue weighted by Crippen LogP contribution is -2.29. The zero-order valence-corrected chi connectivity index (χ0v) is 12.7. The van der Waals surface area contributed by atoms with Gasteiger partial charge in [0.1, 0.15) is 0 Å². The van der Waals surface area contributed by atoms with Crippen molar-refractivity contribution in [1.82, 2.24) is 4.90 Å². The molecule has 0 spiro atoms. The molecule has 0 aliphatic heterocycles. The predicted octanol–water partition coefficient (Wildman–Crippen LogP) is 3.85. The van der Waals surface area contributed by atoms with Crippen molar-refractivity contribution in [2.45, 2.75) is 25.6 Å². The lowest BCUT2D eigenvalue weighted by Gasteiger charge is -2.19. The van der Waals surface area contributed by atoms with Gasteiger partial charge >= 0.3 is 0 Å². The summed E-state index contributed by atoms with van der Waals surface area (Å²) in [5, 5.41) is 0.0891. The maximum absolute atomic E-state index is 12.2. The number of rotatable bonds is 4. The van der Waals surface area contributed by atoms with E-state index >= 15 is 0 Å². The number of halogens is 2. The van der Waals surface area contributed by atoms with Gasteiger partial charge in [-0.25, -0.2) is 0 Å². The molecule has 0 aliphatic carbocycles. The Hall–Kier alpha value is -0.540. The molecule has 0 N–H and O–H groups in total. The zero-order valence-electron chi connectivity index (χ0n) is 10.3. The van der Waals surface area contributed by atoms with Gasteiger partial charge < -0.3 is 4.90 Å². The van der Waals surface area contributed by atoms with Crippen LogP contribution in [0.4, 0.5) is 0 Å². The van der Waals surface area contributed by atoms with Crippen LogP contribution in [0.1, 0.15) is 29.3 Å². The van der Waals surface area contributed by atoms with Crippen LogP contribution in [0.25, 0.3) is 0 Å². The topological polar surface area (TPSA) is 20.3 Å². The van der Waals surface area contributed by atoms with Crippen LogP contribution in [-0.4, -0.2) is 29.8 Å². The second-order valence-electron chi connectivity index (χ2n) is 4.23. The molecule has 0 aliphatic rings. The summed E-state index contributed by atoms with van der Waals surface area (Å²) in [5.74, 6) is 0.0258. The van der Waals surface area contributed by atoms with Gasteiger partial charge in [0.15, 0.2) is 0 Å². The molecule has 1 atom stereocenters. The van der Waals surface area contributed by atoms with E-state index < -0.39 is 0 Å². The Kier molecular flexibility index (Phi) is 5.47. The first-order valence-corrected chi connectivity index (χ1v) is 6.81. The molecule has 1 aromatic rings. The lowest BCUT2D eigenvalue weighted by atomic mass is 10.1. The van der Waals surface area contributed by atoms with Crippen molar-refractivity contribution in [3.63, 3.8) is 0 Å². The minimum absolute atomic E-state index is 0.0258. The Morgan fingerprint density at radius 2 is 2.18 bits per heavy atom. The maximum atomic E-state index is 12.2. The normalized spacial score (nSPS) is 12.3. The minimum Gasteiger partial charge on any atom is -0.342 e. The highest BCUT2D eigenvalue weighted by Gasteiger charge is 2.15. The van der Waals surface area contributed by atoms with Gasteiger partial charge in [-0.2, -0.15) is 0 Å². The molecule has 0 bridgehead atoms. The summed E-state index contributed by atoms with van der Waals surface area (Å²) in [5.41, 5.74) is 1.77. The predicted molar refractivity (Wildman–Crippen MR) is 75.8 cm³/mol. The van der Waals surface area contributed by atoms with E-state index in [0.717, 1.165) is 16.5 Å². The molecule has 0 aromatic heterocycles. The highest BCUT2D eigenvalue weighted by molar-refractivity contribution is 9.10. The van der Waals surface area contributed by atoms with Gasteiger partial charge in [-0.3, -0.25) is 4.79 Å². The molecule has 0 heterocycles. The molecule has 0 saturated heterocycles. The number of hydrogen-bond acceptors (Lipinski definition) is 1. The van der Waals surface area contributed by atoms with Crippen LogP contribution in [-0.2, 0) is 0 Å². The third kappa shape index (κ3) is 4.00. The van der Waals surface area contributed by atoms with Gasteiger partial charge in [0.25, 0.3) is 5.91 Å². The summed E-state index contributed by atoms with van der Waals surface area (Å²) in [7, 11) is 1.80. The van der Waals surface area contributed by atoms with Crippen LogP contribution in [0.3, 0.4) is 0 Å². The number of alkyl halides is 1. The van der Waals surface area contributed by atoms with Crippen LogP contribution in [0, 0.1) is 6.92 Å². The summed E-state index contributed by atoms with van der Waals surface area (Å²) >= 11 is 9.34. The summed E-state index contributed by atoms with van der Waals surface area (Å²) < 4.78 is 0.871. The Morgan fingerprint density at radius 3 is 2.76 bits per heavy atom. The molecular weight excluding hydrogens is 302 g/mol. The summed E-state index contributed by atoms with van der Waals surface area (Å²) in [4.78, 5) is 13.9. The van der Waals surface area contributed by atoms with Crippen molar-refractivity contribution in [3.05, 3.63) is 33.8 Å². The summed E-state index contributed by atoms with van der Waals surface area (Å²) in [6, 6.07) is 5.70. The van der Waals surface area contributed by atoms with E-state index in [1.807, 2.05) is 32.0 Å². The first kappa shape index (κ1) is 14.5. The number of carbonyl (C=O) groups is 1. The smallest absolute Gasteiger partial charge is 0.254 e. The number of aryl methyl sites for hydroxylation is 1. The molecular formula is C13H17BrClNO. The molecule has 1 unspecified atom stereocenters. The fourth-order valence-corrected chi connectivity index (χ4v) is 2.02. The van der Waals surface area contributed by atoms with E-state index in [0.29, 0.717) is 12.1 Å². The van der Waals surface area contributed by atoms with Crippen LogP contribution >= 0.6 is 27.5 Å². The van der Waals surface area contributed by atoms with Gasteiger partial charge in [-0.05, 0) is 47.8 Å². The number of benzene rings is 1. The SMILES string of the molecule is Cc1cccc(C(=O)N(C)CCC(C)Cl)c1Br. The molecule has 0 radical (unpaired) electrons. The molecule has 4 heteroatoms. The van der Waals surface area contributed by atoms with Gasteiger partial charge in [-0.1, -0.05) is 12.1 Å². The molecule has 1 rings (SSSR count). The maximum Gasteiger partial charge on any atom is 0.254 e. The molecule has 1 aromatic carbocycles. The monoisotopic (exact) mass is 317 g/mol. The van der Waals surface area contributed by atoms with E-state index in [-0.39, 0.29) is 11.3 Å². The van der Waals surface area contributed by atoms with Crippen molar-refractivity contribution >= 4 is 33.4 Å². The molecule has 0 fully saturated rings. The van der Waals surface area contributed by atoms with E-state index in [9.17, 15) is 4.79 Å². The van der Waals surface area contributed by atoms with Gasteiger partial charge in [0.2, 0.25) is 0 Å². The second-order valence-corrected chi connectivity index (χ2v) is 5.77. The molecule has 94 valence electrons. The van der Waals surface area contributed by atoms with Crippen molar-refractivity contribution < 1.29 is 4.79 Å². The number of nitrogens with zero attached hydrogens (tertiary/aromatic N) is 1. The van der Waals surface area contributed by atoms with E-state index in [1.54, 1.807) is 11.9 Å². The average molecular weight is 319 g/mol. The fourth-order valence-electron chi connectivity index (χ4n) is 1.49. The highest BCUT2D eigenvalue weighted by atomic mass is 79.9. The van der Waals surface area contributed by atoms with Crippen LogP contribution < -0.4 is 0 Å². The van der Waals surface area contributed by atoms with E-state index in [1.165, 1.54) is 0 Å². The molecule has 1 amide bonds. The Bertz CT molecular complexity index is 406. The van der Waals surface area contributed by atoms with E-state index in [2.05, 4.69) is 15.9 Å². The van der Waals surface area contributed by atoms with Gasteiger partial charge in [0, 0.05) is 23.4 Å². The number of carbonyl (C=O) groups excluding carboxylic acids is 1. The van der Waals surface area contributed by atoms with Crippen LogP contribution in [0.15, 0.2) is 22.7 Å². The third-order valence-electron chi connectivity index (χ3n) is 2.63. The van der Waals surface area contributed by atoms with Crippen molar-refractivity contribution in [2.75, 3.05) is 13.6 Å². The van der Waals surface area contributed by atoms with Gasteiger partial charge in [-0.15, -0.1) is 11.6 Å². The summed E-state index contributed by atoms with van der Waals surface area (Å²) in [6.07, 6.45) is 0.799. The summed E-state index contributed by atoms with van der Waals surface area (Å²) in [6.45, 7) is 4.58. The van der Waals surface area contributed by atoms with Crippen molar-refractivity contribution in [2.24, 2.45) is 0 Å². The highest BCUT2D eigenvalue weighted by Crippen LogP contribution is 2.22. The first-order valence-electron chi connectivity index (χ1n) is 5.58. The quantitative estimate of drug-likeness (QED) is 0.772. The Labute approximate surface area is 116 Å². The van der Waals surface area contributed by atoms with Crippen molar-refractivity contribution in [3.8, 4) is 0 Å². The Morgan fingerprint density at radius 1 is 1.53 bits per heavy atom. The standard InChI is InChI=1S/C13H17BrClNO/c1-9-5-4-6-11(12(9)14)13(17)16(3)8-7-10(2)15/h4-6,10H,7-8H2,1-3H3. The van der Waals surface area contributed by atoms with Crippen molar-refractivity contribution in [1.29, 1.82) is 0 Å². The average Bonchev–Trinajstić information content (AvgIpc) is 2.28. The second kappa shape index (κ2) is 6.41. The lowest BCUT2D eigenvalue weighted by molar-refractivity contribution is 0.0792. The van der Waals surface area contributed by atoms with Crippen LogP contribution in [0.5, 0.6) is 0 Å². The molecule has 2 nitrogen and oxygen atoms in total. The third-order valence-corrected chi connectivity index (χ3v) is 3.90. The number of hydrogen-bond donors (Lipinski definition) is 0. The molecule has 0 saturated carbocycles. The minimum atomic E-state index is 0.0258. The van der Waals surface area contributed by atoms with Gasteiger partial charge in [0.05, 0.1) is 5.56 Å². The largest absolute Gasteiger partial charge is 0.342 e. The van der Waals surface area contributed by atoms with E-state index in [4.69, 9.17) is 11.6 Å². The zero-order chi connectivity index (χ0) is 13.0. The number of amides is 1. The van der Waals surface area contributed by atoms with Crippen LogP contribution in [0.2, 0.25) is 0 Å². The Balaban J connectivity index is 2.78. The first-order chi connectivity index (χ1) is 7.93. The fraction of sp³-hybridized carbons (Fsp3) is 0.462.